The molecule has 9 heteroatoms. The van der Waals surface area contributed by atoms with Crippen LogP contribution in [0.15, 0.2) is 22.6 Å². The molecule has 2 N–H and O–H groups in total. The van der Waals surface area contributed by atoms with Gasteiger partial charge in [-0.25, -0.2) is 16.8 Å². The van der Waals surface area contributed by atoms with Crippen molar-refractivity contribution in [3.63, 3.8) is 0 Å². The summed E-state index contributed by atoms with van der Waals surface area (Å²) in [5.74, 6) is 0.00249. The van der Waals surface area contributed by atoms with Gasteiger partial charge in [0.05, 0.1) is 12.5 Å². The van der Waals surface area contributed by atoms with Crippen molar-refractivity contribution in [1.82, 2.24) is 0 Å². The fourth-order valence-electron chi connectivity index (χ4n) is 2.21. The van der Waals surface area contributed by atoms with E-state index in [0.717, 1.165) is 37.3 Å². The topological polar surface area (TPSA) is 105 Å². The molecule has 0 saturated carbocycles. The number of hydrogen-bond donors (Lipinski definition) is 2. The van der Waals surface area contributed by atoms with Crippen LogP contribution in [0.5, 0.6) is 0 Å². The van der Waals surface area contributed by atoms with Crippen LogP contribution in [0.4, 0.5) is 11.8 Å². The molecule has 23 heavy (non-hydrogen) atoms. The molecule has 0 aliphatic heterocycles. The molecule has 0 saturated heterocycles. The van der Waals surface area contributed by atoms with E-state index < -0.39 is 20.0 Å². The third kappa shape index (κ3) is 4.87. The van der Waals surface area contributed by atoms with Gasteiger partial charge < -0.3 is 4.42 Å². The summed E-state index contributed by atoms with van der Waals surface area (Å²) in [5, 5.41) is 1.03. The first-order valence-electron chi connectivity index (χ1n) is 7.10. The van der Waals surface area contributed by atoms with E-state index in [2.05, 4.69) is 16.4 Å². The number of sulfonamides is 2. The third-order valence-corrected chi connectivity index (χ3v) is 4.26. The molecule has 0 bridgehead atoms. The monoisotopic (exact) mass is 360 g/mol. The second-order valence-corrected chi connectivity index (χ2v) is 8.99. The number of furan rings is 1. The summed E-state index contributed by atoms with van der Waals surface area (Å²) in [7, 11) is -7.09. The molecule has 128 valence electrons. The van der Waals surface area contributed by atoms with Crippen molar-refractivity contribution in [3.05, 3.63) is 23.8 Å². The van der Waals surface area contributed by atoms with Crippen molar-refractivity contribution in [1.29, 1.82) is 0 Å². The Morgan fingerprint density at radius 2 is 1.52 bits per heavy atom. The van der Waals surface area contributed by atoms with Gasteiger partial charge in [-0.1, -0.05) is 19.4 Å². The number of anilines is 2. The summed E-state index contributed by atoms with van der Waals surface area (Å²) in [6, 6.07) is 5.42. The van der Waals surface area contributed by atoms with E-state index >= 15 is 0 Å². The standard InChI is InChI=1S/C14H20N2O5S2/c1-4-5-6-10-7-8-11-12(9-10)14(16-23(3,19)20)21-13(11)15-22(2,17)18/h7-9,15-16H,4-6H2,1-3H3. The van der Waals surface area contributed by atoms with Gasteiger partial charge in [-0.05, 0) is 30.5 Å². The largest absolute Gasteiger partial charge is 0.422 e. The molecular weight excluding hydrogens is 340 g/mol. The fourth-order valence-corrected chi connectivity index (χ4v) is 3.19. The molecule has 0 amide bonds. The van der Waals surface area contributed by atoms with Crippen LogP contribution >= 0.6 is 0 Å². The van der Waals surface area contributed by atoms with Gasteiger partial charge in [0.25, 0.3) is 0 Å². The first-order valence-corrected chi connectivity index (χ1v) is 10.9. The lowest BCUT2D eigenvalue weighted by molar-refractivity contribution is 0.587. The number of nitrogens with one attached hydrogen (secondary N) is 2. The van der Waals surface area contributed by atoms with Gasteiger partial charge in [0.2, 0.25) is 31.8 Å². The molecule has 7 nitrogen and oxygen atoms in total. The molecule has 0 unspecified atom stereocenters. The Bertz CT molecular complexity index is 914. The van der Waals surface area contributed by atoms with Crippen molar-refractivity contribution < 1.29 is 21.3 Å². The Morgan fingerprint density at radius 1 is 0.957 bits per heavy atom. The summed E-state index contributed by atoms with van der Waals surface area (Å²) in [6.45, 7) is 2.08. The molecule has 0 fully saturated rings. The minimum absolute atomic E-state index is 0.00399. The average Bonchev–Trinajstić information content (AvgIpc) is 2.70. The Kier molecular flexibility index (Phi) is 4.90. The molecular formula is C14H20N2O5S2. The smallest absolute Gasteiger partial charge is 0.232 e. The molecule has 0 aliphatic carbocycles. The number of aryl methyl sites for hydroxylation is 1. The number of unbranched alkanes of at least 4 members (excludes halogenated alkanes) is 1. The van der Waals surface area contributed by atoms with E-state index in [9.17, 15) is 16.8 Å². The van der Waals surface area contributed by atoms with Gasteiger partial charge in [-0.3, -0.25) is 9.44 Å². The maximum Gasteiger partial charge on any atom is 0.232 e. The summed E-state index contributed by atoms with van der Waals surface area (Å²) >= 11 is 0. The normalized spacial score (nSPS) is 12.5. The minimum atomic E-state index is -3.55. The van der Waals surface area contributed by atoms with Crippen molar-refractivity contribution in [2.45, 2.75) is 26.2 Å². The van der Waals surface area contributed by atoms with E-state index in [1.54, 1.807) is 6.07 Å². The third-order valence-electron chi connectivity index (χ3n) is 3.15. The van der Waals surface area contributed by atoms with Crippen LogP contribution in [0, 0.1) is 0 Å². The van der Waals surface area contributed by atoms with Crippen LogP contribution in [-0.2, 0) is 26.5 Å². The maximum atomic E-state index is 11.5. The van der Waals surface area contributed by atoms with Crippen LogP contribution in [0.1, 0.15) is 25.3 Å². The van der Waals surface area contributed by atoms with Gasteiger partial charge in [0.1, 0.15) is 0 Å². The molecule has 1 aromatic heterocycles. The van der Waals surface area contributed by atoms with E-state index in [1.807, 2.05) is 12.1 Å². The van der Waals surface area contributed by atoms with Crippen LogP contribution in [0.25, 0.3) is 10.8 Å². The summed E-state index contributed by atoms with van der Waals surface area (Å²) < 4.78 is 55.8. The van der Waals surface area contributed by atoms with Crippen molar-refractivity contribution in [2.24, 2.45) is 0 Å². The Labute approximate surface area is 136 Å². The predicted molar refractivity (Wildman–Crippen MR) is 91.8 cm³/mol. The zero-order valence-electron chi connectivity index (χ0n) is 13.2. The number of rotatable bonds is 7. The minimum Gasteiger partial charge on any atom is -0.422 e. The highest BCUT2D eigenvalue weighted by Crippen LogP contribution is 2.36. The van der Waals surface area contributed by atoms with Crippen molar-refractivity contribution >= 4 is 42.6 Å². The van der Waals surface area contributed by atoms with Gasteiger partial charge in [-0.15, -0.1) is 0 Å². The molecule has 0 radical (unpaired) electrons. The van der Waals surface area contributed by atoms with Gasteiger partial charge in [-0.2, -0.15) is 0 Å². The highest BCUT2D eigenvalue weighted by Gasteiger charge is 2.18. The van der Waals surface area contributed by atoms with Crippen LogP contribution in [0.2, 0.25) is 0 Å². The zero-order valence-corrected chi connectivity index (χ0v) is 14.8. The lowest BCUT2D eigenvalue weighted by Crippen LogP contribution is -2.09. The average molecular weight is 360 g/mol. The van der Waals surface area contributed by atoms with Crippen LogP contribution in [-0.4, -0.2) is 29.3 Å². The Balaban J connectivity index is 2.56. The van der Waals surface area contributed by atoms with E-state index in [0.29, 0.717) is 10.8 Å². The van der Waals surface area contributed by atoms with E-state index in [-0.39, 0.29) is 11.8 Å². The summed E-state index contributed by atoms with van der Waals surface area (Å²) in [6.07, 6.45) is 4.91. The summed E-state index contributed by atoms with van der Waals surface area (Å²) in [4.78, 5) is 0. The molecule has 0 aliphatic rings. The van der Waals surface area contributed by atoms with Crippen LogP contribution in [0.3, 0.4) is 0 Å². The fraction of sp³-hybridized carbons (Fsp3) is 0.429. The van der Waals surface area contributed by atoms with Crippen molar-refractivity contribution in [3.8, 4) is 0 Å². The lowest BCUT2D eigenvalue weighted by Gasteiger charge is -2.02. The molecule has 2 aromatic rings. The quantitative estimate of drug-likeness (QED) is 0.789. The first-order chi connectivity index (χ1) is 10.6. The molecule has 0 spiro atoms. The molecule has 1 heterocycles. The van der Waals surface area contributed by atoms with Gasteiger partial charge in [0.15, 0.2) is 0 Å². The Morgan fingerprint density at radius 3 is 2.04 bits per heavy atom. The van der Waals surface area contributed by atoms with Gasteiger partial charge in [0, 0.05) is 10.8 Å². The van der Waals surface area contributed by atoms with Crippen LogP contribution < -0.4 is 9.44 Å². The highest BCUT2D eigenvalue weighted by atomic mass is 32.2. The maximum absolute atomic E-state index is 11.5. The highest BCUT2D eigenvalue weighted by molar-refractivity contribution is 7.92. The van der Waals surface area contributed by atoms with Gasteiger partial charge >= 0.3 is 0 Å². The molecule has 2 rings (SSSR count). The van der Waals surface area contributed by atoms with E-state index in [4.69, 9.17) is 4.42 Å². The molecule has 1 aromatic carbocycles. The SMILES string of the molecule is CCCCc1ccc2c(NS(C)(=O)=O)oc(NS(C)(=O)=O)c2c1. The number of fused-ring (bicyclic) bond motifs is 1. The zero-order chi connectivity index (χ0) is 17.3. The predicted octanol–water partition coefficient (Wildman–Crippen LogP) is 2.52. The second-order valence-electron chi connectivity index (χ2n) is 5.49. The van der Waals surface area contributed by atoms with Crippen molar-refractivity contribution in [2.75, 3.05) is 22.0 Å². The first kappa shape index (κ1) is 17.6. The number of benzene rings is 1. The number of hydrogen-bond acceptors (Lipinski definition) is 5. The lowest BCUT2D eigenvalue weighted by atomic mass is 10.1. The van der Waals surface area contributed by atoms with E-state index in [1.165, 1.54) is 0 Å². The summed E-state index contributed by atoms with van der Waals surface area (Å²) in [5.41, 5.74) is 1.03. The second kappa shape index (κ2) is 6.40. The molecule has 0 atom stereocenters. The Hall–Kier alpha value is -1.74.